The fraction of sp³-hybridized carbons (Fsp3) is 0.833. The van der Waals surface area contributed by atoms with Gasteiger partial charge in [-0.15, -0.1) is 24.8 Å². The summed E-state index contributed by atoms with van der Waals surface area (Å²) < 4.78 is 12.6. The van der Waals surface area contributed by atoms with Crippen LogP contribution in [-0.2, 0) is 0 Å². The van der Waals surface area contributed by atoms with Gasteiger partial charge >= 0.3 is 0 Å². The van der Waals surface area contributed by atoms with E-state index in [1.807, 2.05) is 6.92 Å². The van der Waals surface area contributed by atoms with Gasteiger partial charge in [0.15, 0.2) is 12.3 Å². The fourth-order valence-corrected chi connectivity index (χ4v) is 0.627. The molecule has 0 fully saturated rings. The van der Waals surface area contributed by atoms with Crippen molar-refractivity contribution in [1.29, 1.82) is 0 Å². The van der Waals surface area contributed by atoms with Crippen LogP contribution in [0.2, 0.25) is 0 Å². The summed E-state index contributed by atoms with van der Waals surface area (Å²) in [6, 6.07) is -0.0116. The van der Waals surface area contributed by atoms with Gasteiger partial charge in [0.1, 0.15) is 0 Å². The summed E-state index contributed by atoms with van der Waals surface area (Å²) in [4.78, 5) is 3.30. The van der Waals surface area contributed by atoms with Gasteiger partial charge in [-0.1, -0.05) is 0 Å². The molecule has 0 spiro atoms. The molecule has 0 saturated heterocycles. The van der Waals surface area contributed by atoms with E-state index >= 15 is 0 Å². The molecule has 13 heavy (non-hydrogen) atoms. The zero-order chi connectivity index (χ0) is 8.85. The van der Waals surface area contributed by atoms with Crippen molar-refractivity contribution >= 4 is 30.8 Å². The van der Waals surface area contributed by atoms with E-state index in [2.05, 4.69) is 4.99 Å². The Balaban J connectivity index is -0.000000500. The normalized spacial score (nSPS) is 13.2. The zero-order valence-electron chi connectivity index (χ0n) is 7.44. The number of hydrogen-bond donors (Lipinski definition) is 3. The quantitative estimate of drug-likeness (QED) is 0.377. The monoisotopic (exact) mass is 234 g/mol. The molecule has 0 saturated carbocycles. The predicted octanol–water partition coefficient (Wildman–Crippen LogP) is 0.526. The number of alkyl halides is 1. The van der Waals surface area contributed by atoms with Gasteiger partial charge in [-0.25, -0.2) is 9.38 Å². The Morgan fingerprint density at radius 3 is 2.08 bits per heavy atom. The molecule has 0 rings (SSSR count). The summed E-state index contributed by atoms with van der Waals surface area (Å²) in [6.07, 6.45) is -0.459. The average Bonchev–Trinajstić information content (AvgIpc) is 1.82. The van der Waals surface area contributed by atoms with Crippen molar-refractivity contribution in [2.45, 2.75) is 32.1 Å². The van der Waals surface area contributed by atoms with Crippen LogP contribution < -0.4 is 17.2 Å². The zero-order valence-corrected chi connectivity index (χ0v) is 9.08. The summed E-state index contributed by atoms with van der Waals surface area (Å²) in [5.41, 5.74) is 15.3. The molecule has 7 heteroatoms. The van der Waals surface area contributed by atoms with Crippen molar-refractivity contribution in [2.24, 2.45) is 22.2 Å². The molecule has 82 valence electrons. The van der Waals surface area contributed by atoms with Crippen molar-refractivity contribution in [3.63, 3.8) is 0 Å². The second-order valence-electron chi connectivity index (χ2n) is 2.54. The van der Waals surface area contributed by atoms with Crippen molar-refractivity contribution in [2.75, 3.05) is 0 Å². The van der Waals surface area contributed by atoms with Gasteiger partial charge in [-0.3, -0.25) is 0 Å². The molecule has 0 aromatic heterocycles. The minimum absolute atomic E-state index is 0. The van der Waals surface area contributed by atoms with Crippen LogP contribution in [0.1, 0.15) is 19.8 Å². The number of aliphatic imine (C=N–C) groups is 1. The number of guanidine groups is 1. The Labute approximate surface area is 90.0 Å². The molecule has 0 aromatic rings. The number of hydrogen-bond acceptors (Lipinski definition) is 2. The number of halogens is 3. The van der Waals surface area contributed by atoms with Crippen LogP contribution in [0.4, 0.5) is 4.39 Å². The van der Waals surface area contributed by atoms with Gasteiger partial charge in [-0.2, -0.15) is 0 Å². The van der Waals surface area contributed by atoms with Crippen LogP contribution in [0, 0.1) is 0 Å². The maximum atomic E-state index is 12.6. The highest BCUT2D eigenvalue weighted by atomic mass is 35.5. The third-order valence-corrected chi connectivity index (χ3v) is 1.15. The summed E-state index contributed by atoms with van der Waals surface area (Å²) in [6.45, 7) is 1.81. The topological polar surface area (TPSA) is 90.4 Å². The SMILES string of the molecule is CC(N)CCC(F)N=C(N)N.Cl.Cl. The van der Waals surface area contributed by atoms with E-state index in [1.165, 1.54) is 0 Å². The van der Waals surface area contributed by atoms with E-state index < -0.39 is 6.30 Å². The average molecular weight is 235 g/mol. The molecule has 0 amide bonds. The van der Waals surface area contributed by atoms with E-state index in [1.54, 1.807) is 0 Å². The Hall–Kier alpha value is -0.260. The molecule has 4 nitrogen and oxygen atoms in total. The van der Waals surface area contributed by atoms with Crippen LogP contribution in [0.3, 0.4) is 0 Å². The van der Waals surface area contributed by atoms with Crippen LogP contribution in [0.25, 0.3) is 0 Å². The Bertz CT molecular complexity index is 139. The number of rotatable bonds is 4. The minimum Gasteiger partial charge on any atom is -0.370 e. The second kappa shape index (κ2) is 9.83. The second-order valence-corrected chi connectivity index (χ2v) is 2.54. The highest BCUT2D eigenvalue weighted by Gasteiger charge is 2.04. The highest BCUT2D eigenvalue weighted by Crippen LogP contribution is 2.04. The van der Waals surface area contributed by atoms with Crippen molar-refractivity contribution in [1.82, 2.24) is 0 Å². The summed E-state index contributed by atoms with van der Waals surface area (Å²) in [5, 5.41) is 0. The molecule has 0 heterocycles. The lowest BCUT2D eigenvalue weighted by Gasteiger charge is -2.05. The van der Waals surface area contributed by atoms with Crippen LogP contribution in [-0.4, -0.2) is 18.3 Å². The predicted molar refractivity (Wildman–Crippen MR) is 58.1 cm³/mol. The maximum Gasteiger partial charge on any atom is 0.193 e. The molecule has 0 aliphatic rings. The number of nitrogens with two attached hydrogens (primary N) is 3. The Morgan fingerprint density at radius 2 is 1.77 bits per heavy atom. The van der Waals surface area contributed by atoms with E-state index in [4.69, 9.17) is 17.2 Å². The van der Waals surface area contributed by atoms with E-state index in [-0.39, 0.29) is 43.2 Å². The molecule has 0 radical (unpaired) electrons. The fourth-order valence-electron chi connectivity index (χ4n) is 0.627. The first-order chi connectivity index (χ1) is 5.02. The van der Waals surface area contributed by atoms with Gasteiger partial charge in [0.25, 0.3) is 0 Å². The van der Waals surface area contributed by atoms with Crippen molar-refractivity contribution in [3.8, 4) is 0 Å². The third kappa shape index (κ3) is 14.6. The molecule has 0 aliphatic carbocycles. The first-order valence-corrected chi connectivity index (χ1v) is 3.50. The molecule has 0 aliphatic heterocycles. The Morgan fingerprint density at radius 1 is 1.31 bits per heavy atom. The van der Waals surface area contributed by atoms with Crippen LogP contribution in [0.5, 0.6) is 0 Å². The lowest BCUT2D eigenvalue weighted by molar-refractivity contribution is 0.313. The molecule has 2 atom stereocenters. The van der Waals surface area contributed by atoms with E-state index in [9.17, 15) is 4.39 Å². The van der Waals surface area contributed by atoms with Crippen LogP contribution in [0.15, 0.2) is 4.99 Å². The van der Waals surface area contributed by atoms with Gasteiger partial charge < -0.3 is 17.2 Å². The van der Waals surface area contributed by atoms with Gasteiger partial charge in [0.05, 0.1) is 0 Å². The van der Waals surface area contributed by atoms with E-state index in [0.29, 0.717) is 6.42 Å². The van der Waals surface area contributed by atoms with E-state index in [0.717, 1.165) is 0 Å². The molecule has 6 N–H and O–H groups in total. The molecular weight excluding hydrogens is 218 g/mol. The summed E-state index contributed by atoms with van der Waals surface area (Å²) in [5.74, 6) is -0.220. The van der Waals surface area contributed by atoms with Gasteiger partial charge in [0.2, 0.25) is 0 Å². The smallest absolute Gasteiger partial charge is 0.193 e. The van der Waals surface area contributed by atoms with Crippen molar-refractivity contribution in [3.05, 3.63) is 0 Å². The summed E-state index contributed by atoms with van der Waals surface area (Å²) >= 11 is 0. The first kappa shape index (κ1) is 18.5. The largest absolute Gasteiger partial charge is 0.370 e. The summed E-state index contributed by atoms with van der Waals surface area (Å²) in [7, 11) is 0. The maximum absolute atomic E-state index is 12.6. The molecule has 0 bridgehead atoms. The van der Waals surface area contributed by atoms with Gasteiger partial charge in [-0.05, 0) is 13.3 Å². The van der Waals surface area contributed by atoms with Gasteiger partial charge in [0, 0.05) is 12.5 Å². The Kier molecular flexibility index (Phi) is 14.0. The first-order valence-electron chi connectivity index (χ1n) is 3.50. The van der Waals surface area contributed by atoms with Crippen LogP contribution >= 0.6 is 24.8 Å². The molecule has 0 aromatic carbocycles. The molecule has 2 unspecified atom stereocenters. The lowest BCUT2D eigenvalue weighted by Crippen LogP contribution is -2.25. The highest BCUT2D eigenvalue weighted by molar-refractivity contribution is 5.85. The minimum atomic E-state index is -1.31. The van der Waals surface area contributed by atoms with Crippen molar-refractivity contribution < 1.29 is 4.39 Å². The number of nitrogens with zero attached hydrogens (tertiary/aromatic N) is 1. The lowest BCUT2D eigenvalue weighted by atomic mass is 10.2. The standard InChI is InChI=1S/C6H15FN4.2ClH/c1-4(8)2-3-5(7)11-6(9)10;;/h4-5H,2-3,8H2,1H3,(H4,9,10,11);2*1H. The molecular formula is C6H17Cl2FN4. The third-order valence-electron chi connectivity index (χ3n) is 1.15.